The summed E-state index contributed by atoms with van der Waals surface area (Å²) >= 11 is 0. The summed E-state index contributed by atoms with van der Waals surface area (Å²) in [6.45, 7) is 4.68. The number of rotatable bonds is 7. The summed E-state index contributed by atoms with van der Waals surface area (Å²) in [4.78, 5) is 27.9. The molecule has 152 valence electrons. The van der Waals surface area contributed by atoms with Crippen LogP contribution in [0.1, 0.15) is 32.6 Å². The fourth-order valence-corrected chi connectivity index (χ4v) is 3.72. The van der Waals surface area contributed by atoms with Crippen LogP contribution < -0.4 is 20.3 Å². The van der Waals surface area contributed by atoms with Crippen LogP contribution in [0.25, 0.3) is 0 Å². The molecule has 0 bridgehead atoms. The molecule has 1 aliphatic heterocycles. The second-order valence-corrected chi connectivity index (χ2v) is 7.69. The maximum atomic E-state index is 12.8. The maximum absolute atomic E-state index is 12.8. The van der Waals surface area contributed by atoms with Crippen LogP contribution in [-0.2, 0) is 9.59 Å². The van der Waals surface area contributed by atoms with Crippen molar-refractivity contribution in [2.75, 3.05) is 35.2 Å². The third kappa shape index (κ3) is 4.21. The number of nitrogens with one attached hydrogen (secondary N) is 2. The molecule has 0 spiro atoms. The van der Waals surface area contributed by atoms with Crippen molar-refractivity contribution in [3.8, 4) is 5.75 Å². The zero-order valence-corrected chi connectivity index (χ0v) is 16.7. The van der Waals surface area contributed by atoms with Crippen LogP contribution in [0.3, 0.4) is 0 Å². The second-order valence-electron chi connectivity index (χ2n) is 7.69. The van der Waals surface area contributed by atoms with Crippen LogP contribution in [0, 0.1) is 5.41 Å². The number of amides is 2. The normalized spacial score (nSPS) is 16.9. The molecule has 1 saturated heterocycles. The quantitative estimate of drug-likeness (QED) is 0.697. The summed E-state index contributed by atoms with van der Waals surface area (Å²) in [6.07, 6.45) is 3.58. The summed E-state index contributed by atoms with van der Waals surface area (Å²) < 4.78 is 5.41. The van der Waals surface area contributed by atoms with E-state index < -0.39 is 5.41 Å². The zero-order chi connectivity index (χ0) is 20.3. The van der Waals surface area contributed by atoms with Crippen LogP contribution in [0.5, 0.6) is 5.75 Å². The first-order valence-electron chi connectivity index (χ1n) is 10.3. The fourth-order valence-electron chi connectivity index (χ4n) is 3.72. The van der Waals surface area contributed by atoms with Gasteiger partial charge in [-0.25, -0.2) is 0 Å². The average Bonchev–Trinajstić information content (AvgIpc) is 3.38. The lowest BCUT2D eigenvalue weighted by Crippen LogP contribution is -2.35. The van der Waals surface area contributed by atoms with E-state index in [-0.39, 0.29) is 11.8 Å². The molecule has 1 heterocycles. The number of hydrogen-bond donors (Lipinski definition) is 2. The molecule has 2 aromatic carbocycles. The van der Waals surface area contributed by atoms with Crippen molar-refractivity contribution >= 4 is 28.9 Å². The largest absolute Gasteiger partial charge is 0.494 e. The van der Waals surface area contributed by atoms with E-state index in [2.05, 4.69) is 15.5 Å². The number of carbonyl (C=O) groups is 2. The Hall–Kier alpha value is -3.02. The van der Waals surface area contributed by atoms with Gasteiger partial charge in [-0.1, -0.05) is 0 Å². The highest BCUT2D eigenvalue weighted by Gasteiger charge is 2.56. The molecule has 0 radical (unpaired) electrons. The Labute approximate surface area is 171 Å². The molecular weight excluding hydrogens is 366 g/mol. The Morgan fingerprint density at radius 3 is 1.90 bits per heavy atom. The predicted octanol–water partition coefficient (Wildman–Crippen LogP) is 4.04. The van der Waals surface area contributed by atoms with Crippen LogP contribution >= 0.6 is 0 Å². The SMILES string of the molecule is CCOc1ccc(NC(=O)C2(C(=O)Nc3ccc(N4CCCC4)cc3)CC2)cc1. The van der Waals surface area contributed by atoms with Gasteiger partial charge in [0.25, 0.3) is 0 Å². The van der Waals surface area contributed by atoms with Crippen LogP contribution in [0.15, 0.2) is 48.5 Å². The van der Waals surface area contributed by atoms with Crippen molar-refractivity contribution in [2.45, 2.75) is 32.6 Å². The third-order valence-corrected chi connectivity index (χ3v) is 5.64. The average molecular weight is 393 g/mol. The predicted molar refractivity (Wildman–Crippen MR) is 114 cm³/mol. The summed E-state index contributed by atoms with van der Waals surface area (Å²) in [6, 6.07) is 15.1. The van der Waals surface area contributed by atoms with Crippen molar-refractivity contribution in [1.82, 2.24) is 0 Å². The molecule has 2 aromatic rings. The molecular formula is C23H27N3O3. The standard InChI is InChI=1S/C23H27N3O3/c1-2-29-20-11-7-18(8-12-20)25-22(28)23(13-14-23)21(27)24-17-5-9-19(10-6-17)26-15-3-4-16-26/h5-12H,2-4,13-16H2,1H3,(H,24,27)(H,25,28). The molecule has 29 heavy (non-hydrogen) atoms. The van der Waals surface area contributed by atoms with Gasteiger partial charge in [0.1, 0.15) is 11.2 Å². The second kappa shape index (κ2) is 8.15. The number of benzene rings is 2. The lowest BCUT2D eigenvalue weighted by atomic mass is 10.0. The summed E-state index contributed by atoms with van der Waals surface area (Å²) in [5.41, 5.74) is 1.58. The molecule has 2 N–H and O–H groups in total. The van der Waals surface area contributed by atoms with Gasteiger partial charge in [-0.2, -0.15) is 0 Å². The first-order valence-corrected chi connectivity index (χ1v) is 10.3. The Morgan fingerprint density at radius 2 is 1.41 bits per heavy atom. The highest BCUT2D eigenvalue weighted by molar-refractivity contribution is 6.16. The molecule has 4 rings (SSSR count). The van der Waals surface area contributed by atoms with Crippen molar-refractivity contribution in [2.24, 2.45) is 5.41 Å². The molecule has 6 nitrogen and oxygen atoms in total. The van der Waals surface area contributed by atoms with Gasteiger partial charge in [0, 0.05) is 30.2 Å². The van der Waals surface area contributed by atoms with Gasteiger partial charge in [-0.3, -0.25) is 9.59 Å². The van der Waals surface area contributed by atoms with E-state index in [9.17, 15) is 9.59 Å². The van der Waals surface area contributed by atoms with Crippen LogP contribution in [-0.4, -0.2) is 31.5 Å². The molecule has 2 fully saturated rings. The summed E-state index contributed by atoms with van der Waals surface area (Å²) in [5.74, 6) is 0.254. The van der Waals surface area contributed by atoms with Gasteiger partial charge in [-0.15, -0.1) is 0 Å². The number of hydrogen-bond acceptors (Lipinski definition) is 4. The smallest absolute Gasteiger partial charge is 0.240 e. The fraction of sp³-hybridized carbons (Fsp3) is 0.391. The molecule has 0 unspecified atom stereocenters. The summed E-state index contributed by atoms with van der Waals surface area (Å²) in [5, 5.41) is 5.78. The molecule has 2 aliphatic rings. The van der Waals surface area contributed by atoms with Crippen LogP contribution in [0.4, 0.5) is 17.1 Å². The lowest BCUT2D eigenvalue weighted by molar-refractivity contribution is -0.131. The Kier molecular flexibility index (Phi) is 5.43. The van der Waals surface area contributed by atoms with Crippen molar-refractivity contribution in [3.63, 3.8) is 0 Å². The lowest BCUT2D eigenvalue weighted by Gasteiger charge is -2.19. The molecule has 2 amide bonds. The Balaban J connectivity index is 1.36. The van der Waals surface area contributed by atoms with E-state index >= 15 is 0 Å². The van der Waals surface area contributed by atoms with E-state index in [4.69, 9.17) is 4.74 Å². The molecule has 0 atom stereocenters. The van der Waals surface area contributed by atoms with E-state index in [1.807, 2.05) is 31.2 Å². The number of ether oxygens (including phenoxy) is 1. The Morgan fingerprint density at radius 1 is 0.897 bits per heavy atom. The maximum Gasteiger partial charge on any atom is 0.240 e. The molecule has 1 aliphatic carbocycles. The van der Waals surface area contributed by atoms with Gasteiger partial charge in [0.2, 0.25) is 11.8 Å². The first-order chi connectivity index (χ1) is 14.1. The van der Waals surface area contributed by atoms with Gasteiger partial charge in [0.15, 0.2) is 0 Å². The molecule has 0 aromatic heterocycles. The van der Waals surface area contributed by atoms with Gasteiger partial charge in [0.05, 0.1) is 6.61 Å². The highest BCUT2D eigenvalue weighted by atomic mass is 16.5. The molecule has 6 heteroatoms. The third-order valence-electron chi connectivity index (χ3n) is 5.64. The molecule has 1 saturated carbocycles. The van der Waals surface area contributed by atoms with E-state index in [1.165, 1.54) is 18.5 Å². The van der Waals surface area contributed by atoms with E-state index in [1.54, 1.807) is 24.3 Å². The number of carbonyl (C=O) groups excluding carboxylic acids is 2. The van der Waals surface area contributed by atoms with Crippen molar-refractivity contribution in [1.29, 1.82) is 0 Å². The topological polar surface area (TPSA) is 70.7 Å². The number of anilines is 3. The monoisotopic (exact) mass is 393 g/mol. The first kappa shape index (κ1) is 19.3. The van der Waals surface area contributed by atoms with Crippen molar-refractivity contribution < 1.29 is 14.3 Å². The van der Waals surface area contributed by atoms with Gasteiger partial charge in [-0.05, 0) is 81.1 Å². The van der Waals surface area contributed by atoms with Gasteiger partial charge < -0.3 is 20.3 Å². The van der Waals surface area contributed by atoms with E-state index in [0.29, 0.717) is 25.1 Å². The minimum absolute atomic E-state index is 0.241. The highest BCUT2D eigenvalue weighted by Crippen LogP contribution is 2.47. The zero-order valence-electron chi connectivity index (χ0n) is 16.7. The van der Waals surface area contributed by atoms with Gasteiger partial charge >= 0.3 is 0 Å². The Bertz CT molecular complexity index is 867. The van der Waals surface area contributed by atoms with E-state index in [0.717, 1.165) is 24.5 Å². The number of nitrogens with zero attached hydrogens (tertiary/aromatic N) is 1. The van der Waals surface area contributed by atoms with Crippen LogP contribution in [0.2, 0.25) is 0 Å². The minimum atomic E-state index is -0.980. The van der Waals surface area contributed by atoms with Crippen molar-refractivity contribution in [3.05, 3.63) is 48.5 Å². The minimum Gasteiger partial charge on any atom is -0.494 e. The summed E-state index contributed by atoms with van der Waals surface area (Å²) in [7, 11) is 0.